The van der Waals surface area contributed by atoms with Gasteiger partial charge in [0.25, 0.3) is 5.91 Å². The maximum atomic E-state index is 12.6. The van der Waals surface area contributed by atoms with Crippen LogP contribution in [-0.4, -0.2) is 11.0 Å². The summed E-state index contributed by atoms with van der Waals surface area (Å²) in [6, 6.07) is 21.6. The maximum Gasteiger partial charge on any atom is 0.258 e. The molecule has 0 saturated heterocycles. The first-order chi connectivity index (χ1) is 12.6. The minimum absolute atomic E-state index is 0.212. The van der Waals surface area contributed by atoms with Crippen molar-refractivity contribution in [2.24, 2.45) is 0 Å². The number of carbonyl (C=O) groups is 1. The molecule has 1 amide bonds. The Morgan fingerprint density at radius 3 is 2.42 bits per heavy atom. The van der Waals surface area contributed by atoms with Crippen LogP contribution in [0.2, 0.25) is 0 Å². The van der Waals surface area contributed by atoms with E-state index in [1.807, 2.05) is 48.5 Å². The minimum atomic E-state index is -0.212. The van der Waals surface area contributed by atoms with Gasteiger partial charge >= 0.3 is 0 Å². The molecule has 3 aromatic carbocycles. The van der Waals surface area contributed by atoms with Crippen molar-refractivity contribution in [3.8, 4) is 0 Å². The average Bonchev–Trinajstić information content (AvgIpc) is 2.67. The molecule has 4 heteroatoms. The zero-order chi connectivity index (χ0) is 18.5. The predicted molar refractivity (Wildman–Crippen MR) is 113 cm³/mol. The highest BCUT2D eigenvalue weighted by atomic mass is 32.1. The summed E-state index contributed by atoms with van der Waals surface area (Å²) in [7, 11) is 0. The number of amides is 1. The van der Waals surface area contributed by atoms with Gasteiger partial charge in [0.15, 0.2) is 5.11 Å². The van der Waals surface area contributed by atoms with Crippen molar-refractivity contribution >= 4 is 39.7 Å². The molecule has 0 saturated carbocycles. The molecular formula is C22H22N2OS. The average molecular weight is 362 g/mol. The highest BCUT2D eigenvalue weighted by Gasteiger charge is 2.11. The molecule has 0 bridgehead atoms. The fourth-order valence-electron chi connectivity index (χ4n) is 2.89. The zero-order valence-corrected chi connectivity index (χ0v) is 15.8. The molecule has 0 radical (unpaired) electrons. The number of hydrogen-bond acceptors (Lipinski definition) is 2. The molecule has 1 atom stereocenters. The molecule has 3 aromatic rings. The van der Waals surface area contributed by atoms with Crippen LogP contribution in [0, 0.1) is 0 Å². The van der Waals surface area contributed by atoms with Gasteiger partial charge in [-0.2, -0.15) is 0 Å². The Morgan fingerprint density at radius 1 is 1.00 bits per heavy atom. The molecule has 3 nitrogen and oxygen atoms in total. The van der Waals surface area contributed by atoms with E-state index in [0.29, 0.717) is 16.6 Å². The summed E-state index contributed by atoms with van der Waals surface area (Å²) in [5.74, 6) is 0.317. The monoisotopic (exact) mass is 362 g/mol. The topological polar surface area (TPSA) is 41.1 Å². The third-order valence-electron chi connectivity index (χ3n) is 4.61. The lowest BCUT2D eigenvalue weighted by Gasteiger charge is -2.13. The quantitative estimate of drug-likeness (QED) is 0.604. The lowest BCUT2D eigenvalue weighted by molar-refractivity contribution is 0.0979. The Kier molecular flexibility index (Phi) is 5.64. The molecule has 0 aliphatic rings. The summed E-state index contributed by atoms with van der Waals surface area (Å²) >= 11 is 5.30. The van der Waals surface area contributed by atoms with Gasteiger partial charge < -0.3 is 5.32 Å². The normalized spacial score (nSPS) is 11.8. The van der Waals surface area contributed by atoms with Gasteiger partial charge in [0.1, 0.15) is 0 Å². The summed E-state index contributed by atoms with van der Waals surface area (Å²) in [6.45, 7) is 4.38. The van der Waals surface area contributed by atoms with Gasteiger partial charge in [-0.25, -0.2) is 0 Å². The van der Waals surface area contributed by atoms with Crippen molar-refractivity contribution < 1.29 is 4.79 Å². The van der Waals surface area contributed by atoms with E-state index >= 15 is 0 Å². The van der Waals surface area contributed by atoms with Crippen molar-refractivity contribution in [2.45, 2.75) is 26.2 Å². The van der Waals surface area contributed by atoms with E-state index in [1.54, 1.807) is 6.07 Å². The lowest BCUT2D eigenvalue weighted by Crippen LogP contribution is -2.34. The van der Waals surface area contributed by atoms with Gasteiger partial charge in [-0.05, 0) is 59.1 Å². The first kappa shape index (κ1) is 18.1. The Labute approximate surface area is 159 Å². The lowest BCUT2D eigenvalue weighted by atomic mass is 9.99. The molecule has 3 rings (SSSR count). The third kappa shape index (κ3) is 4.09. The van der Waals surface area contributed by atoms with Gasteiger partial charge in [0, 0.05) is 11.3 Å². The summed E-state index contributed by atoms with van der Waals surface area (Å²) in [5, 5.41) is 8.07. The van der Waals surface area contributed by atoms with Crippen LogP contribution in [0.1, 0.15) is 42.1 Å². The van der Waals surface area contributed by atoms with E-state index in [4.69, 9.17) is 12.2 Å². The van der Waals surface area contributed by atoms with E-state index in [2.05, 4.69) is 36.6 Å². The molecule has 0 aliphatic heterocycles. The van der Waals surface area contributed by atoms with Crippen LogP contribution < -0.4 is 10.6 Å². The van der Waals surface area contributed by atoms with E-state index in [1.165, 1.54) is 5.56 Å². The van der Waals surface area contributed by atoms with E-state index in [9.17, 15) is 4.79 Å². The second-order valence-electron chi connectivity index (χ2n) is 6.37. The Morgan fingerprint density at radius 2 is 1.69 bits per heavy atom. The molecule has 0 spiro atoms. The number of carbonyl (C=O) groups excluding carboxylic acids is 1. The van der Waals surface area contributed by atoms with E-state index < -0.39 is 0 Å². The zero-order valence-electron chi connectivity index (χ0n) is 15.0. The van der Waals surface area contributed by atoms with Crippen molar-refractivity contribution in [2.75, 3.05) is 5.32 Å². The van der Waals surface area contributed by atoms with Crippen LogP contribution >= 0.6 is 12.2 Å². The number of thiocarbonyl (C=S) groups is 1. The summed E-state index contributed by atoms with van der Waals surface area (Å²) in [6.07, 6.45) is 1.10. The van der Waals surface area contributed by atoms with Gasteiger partial charge in [-0.1, -0.05) is 62.4 Å². The SMILES string of the molecule is CC[C@H](C)c1ccc(NC(=S)NC(=O)c2cccc3ccccc23)cc1. The first-order valence-electron chi connectivity index (χ1n) is 8.78. The van der Waals surface area contributed by atoms with Crippen molar-refractivity contribution in [3.05, 3.63) is 77.9 Å². The molecule has 0 aliphatic carbocycles. The number of hydrogen-bond donors (Lipinski definition) is 2. The largest absolute Gasteiger partial charge is 0.332 e. The van der Waals surface area contributed by atoms with E-state index in [-0.39, 0.29) is 5.91 Å². The van der Waals surface area contributed by atoms with Crippen LogP contribution in [0.5, 0.6) is 0 Å². The van der Waals surface area contributed by atoms with Crippen molar-refractivity contribution in [1.82, 2.24) is 5.32 Å². The molecule has 132 valence electrons. The number of fused-ring (bicyclic) bond motifs is 1. The molecule has 2 N–H and O–H groups in total. The number of rotatable bonds is 4. The van der Waals surface area contributed by atoms with Gasteiger partial charge in [0.05, 0.1) is 0 Å². The third-order valence-corrected chi connectivity index (χ3v) is 4.82. The smallest absolute Gasteiger partial charge is 0.258 e. The van der Waals surface area contributed by atoms with E-state index in [0.717, 1.165) is 22.9 Å². The van der Waals surface area contributed by atoms with Crippen LogP contribution in [-0.2, 0) is 0 Å². The maximum absolute atomic E-state index is 12.6. The van der Waals surface area contributed by atoms with Crippen LogP contribution in [0.25, 0.3) is 10.8 Å². The highest BCUT2D eigenvalue weighted by molar-refractivity contribution is 7.80. The first-order valence-corrected chi connectivity index (χ1v) is 9.19. The molecule has 0 fully saturated rings. The molecule has 26 heavy (non-hydrogen) atoms. The number of anilines is 1. The second-order valence-corrected chi connectivity index (χ2v) is 6.77. The highest BCUT2D eigenvalue weighted by Crippen LogP contribution is 2.21. The van der Waals surface area contributed by atoms with Crippen LogP contribution in [0.15, 0.2) is 66.7 Å². The number of nitrogens with one attached hydrogen (secondary N) is 2. The number of benzene rings is 3. The fourth-order valence-corrected chi connectivity index (χ4v) is 3.10. The van der Waals surface area contributed by atoms with Crippen LogP contribution in [0.3, 0.4) is 0 Å². The summed E-state index contributed by atoms with van der Waals surface area (Å²) < 4.78 is 0. The van der Waals surface area contributed by atoms with Gasteiger partial charge in [0.2, 0.25) is 0 Å². The molecule has 0 heterocycles. The second kappa shape index (κ2) is 8.11. The summed E-state index contributed by atoms with van der Waals surface area (Å²) in [4.78, 5) is 12.6. The Hall–Kier alpha value is -2.72. The molecule has 0 unspecified atom stereocenters. The fraction of sp³-hybridized carbons (Fsp3) is 0.182. The molecule has 0 aromatic heterocycles. The standard InChI is InChI=1S/C22H22N2OS/c1-3-15(2)16-11-13-18(14-12-16)23-22(26)24-21(25)20-10-6-8-17-7-4-5-9-19(17)20/h4-15H,3H2,1-2H3,(H2,23,24,25,26)/t15-/m0/s1. The van der Waals surface area contributed by atoms with Gasteiger partial charge in [-0.15, -0.1) is 0 Å². The minimum Gasteiger partial charge on any atom is -0.332 e. The Balaban J connectivity index is 1.68. The van der Waals surface area contributed by atoms with Crippen molar-refractivity contribution in [3.63, 3.8) is 0 Å². The molecular weight excluding hydrogens is 340 g/mol. The van der Waals surface area contributed by atoms with Crippen LogP contribution in [0.4, 0.5) is 5.69 Å². The predicted octanol–water partition coefficient (Wildman–Crippen LogP) is 5.48. The van der Waals surface area contributed by atoms with Crippen molar-refractivity contribution in [1.29, 1.82) is 0 Å². The van der Waals surface area contributed by atoms with Gasteiger partial charge in [-0.3, -0.25) is 10.1 Å². The summed E-state index contributed by atoms with van der Waals surface area (Å²) in [5.41, 5.74) is 2.77. The Bertz CT molecular complexity index is 929.